The maximum absolute atomic E-state index is 12.7. The predicted octanol–water partition coefficient (Wildman–Crippen LogP) is 1.89. The molecule has 1 saturated heterocycles. The first-order chi connectivity index (χ1) is 13.4. The van der Waals surface area contributed by atoms with E-state index < -0.39 is 11.5 Å². The molecule has 28 heavy (non-hydrogen) atoms. The molecule has 0 atom stereocenters. The number of rotatable bonds is 5. The van der Waals surface area contributed by atoms with Crippen molar-refractivity contribution in [2.45, 2.75) is 12.8 Å². The van der Waals surface area contributed by atoms with Crippen molar-refractivity contribution >= 4 is 17.5 Å². The number of benzene rings is 1. The molecule has 0 unspecified atom stereocenters. The summed E-state index contributed by atoms with van der Waals surface area (Å²) in [5, 5.41) is 2.60. The first-order valence-electron chi connectivity index (χ1n) is 8.97. The van der Waals surface area contributed by atoms with Crippen molar-refractivity contribution in [1.29, 1.82) is 0 Å². The molecule has 1 aliphatic rings. The van der Waals surface area contributed by atoms with Crippen molar-refractivity contribution in [3.8, 4) is 11.5 Å². The fraction of sp³-hybridized carbons (Fsp3) is 0.350. The van der Waals surface area contributed by atoms with E-state index in [-0.39, 0.29) is 17.2 Å². The number of carbonyl (C=O) groups excluding carboxylic acids is 2. The molecule has 2 heterocycles. The summed E-state index contributed by atoms with van der Waals surface area (Å²) in [7, 11) is 4.52. The Morgan fingerprint density at radius 2 is 1.57 bits per heavy atom. The Kier molecular flexibility index (Phi) is 5.67. The zero-order valence-electron chi connectivity index (χ0n) is 16.2. The molecule has 0 radical (unpaired) electrons. The summed E-state index contributed by atoms with van der Waals surface area (Å²) >= 11 is 0. The second-order valence-electron chi connectivity index (χ2n) is 6.61. The number of methoxy groups -OCH3 is 2. The lowest BCUT2D eigenvalue weighted by atomic mass is 10.1. The Morgan fingerprint density at radius 3 is 2.14 bits per heavy atom. The first-order valence-corrected chi connectivity index (χ1v) is 8.97. The molecule has 0 aliphatic carbocycles. The van der Waals surface area contributed by atoms with Crippen LogP contribution in [0.2, 0.25) is 0 Å². The average molecular weight is 385 g/mol. The van der Waals surface area contributed by atoms with Crippen molar-refractivity contribution in [1.82, 2.24) is 9.47 Å². The standard InChI is InChI=1S/C20H23N3O5/c1-22-12-14(19(25)23-6-4-5-7-23)10-17(20(22)26)21-18(24)13-8-15(27-2)11-16(9-13)28-3/h8-12H,4-7H2,1-3H3,(H,21,24). The van der Waals surface area contributed by atoms with Crippen LogP contribution in [-0.2, 0) is 7.05 Å². The molecule has 8 nitrogen and oxygen atoms in total. The van der Waals surface area contributed by atoms with Gasteiger partial charge in [-0.2, -0.15) is 0 Å². The molecular formula is C20H23N3O5. The van der Waals surface area contributed by atoms with Gasteiger partial charge in [0.15, 0.2) is 0 Å². The molecule has 3 rings (SSSR count). The fourth-order valence-electron chi connectivity index (χ4n) is 3.15. The average Bonchev–Trinajstić information content (AvgIpc) is 3.24. The lowest BCUT2D eigenvalue weighted by molar-refractivity contribution is 0.0791. The Hall–Kier alpha value is -3.29. The third kappa shape index (κ3) is 4.00. The van der Waals surface area contributed by atoms with Crippen molar-refractivity contribution < 1.29 is 19.1 Å². The zero-order chi connectivity index (χ0) is 20.3. The third-order valence-electron chi connectivity index (χ3n) is 4.69. The van der Waals surface area contributed by atoms with E-state index in [2.05, 4.69) is 5.32 Å². The minimum absolute atomic E-state index is 0.0410. The first kappa shape index (κ1) is 19.5. The Balaban J connectivity index is 1.90. The van der Waals surface area contributed by atoms with E-state index in [1.165, 1.54) is 31.0 Å². The highest BCUT2D eigenvalue weighted by atomic mass is 16.5. The van der Waals surface area contributed by atoms with Crippen LogP contribution in [0.15, 0.2) is 35.3 Å². The number of hydrogen-bond donors (Lipinski definition) is 1. The number of carbonyl (C=O) groups is 2. The summed E-state index contributed by atoms with van der Waals surface area (Å²) < 4.78 is 11.6. The van der Waals surface area contributed by atoms with Gasteiger partial charge >= 0.3 is 0 Å². The maximum atomic E-state index is 12.7. The number of nitrogens with one attached hydrogen (secondary N) is 1. The van der Waals surface area contributed by atoms with Crippen LogP contribution in [0.25, 0.3) is 0 Å². The van der Waals surface area contributed by atoms with Gasteiger partial charge in [-0.1, -0.05) is 0 Å². The Bertz CT molecular complexity index is 939. The van der Waals surface area contributed by atoms with Crippen LogP contribution < -0.4 is 20.3 Å². The normalized spacial score (nSPS) is 13.3. The van der Waals surface area contributed by atoms with Gasteiger partial charge in [0, 0.05) is 38.0 Å². The van der Waals surface area contributed by atoms with Crippen LogP contribution in [0.5, 0.6) is 11.5 Å². The topological polar surface area (TPSA) is 89.9 Å². The van der Waals surface area contributed by atoms with Crippen LogP contribution in [0.4, 0.5) is 5.69 Å². The molecule has 148 valence electrons. The smallest absolute Gasteiger partial charge is 0.274 e. The minimum Gasteiger partial charge on any atom is -0.497 e. The number of ether oxygens (including phenoxy) is 2. The summed E-state index contributed by atoms with van der Waals surface area (Å²) in [6.45, 7) is 1.40. The number of amides is 2. The van der Waals surface area contributed by atoms with E-state index in [4.69, 9.17) is 9.47 Å². The monoisotopic (exact) mass is 385 g/mol. The van der Waals surface area contributed by atoms with E-state index in [1.54, 1.807) is 30.1 Å². The largest absolute Gasteiger partial charge is 0.497 e. The van der Waals surface area contributed by atoms with Gasteiger partial charge in [0.1, 0.15) is 17.2 Å². The van der Waals surface area contributed by atoms with Crippen molar-refractivity contribution in [2.75, 3.05) is 32.6 Å². The molecule has 1 aliphatic heterocycles. The van der Waals surface area contributed by atoms with Gasteiger partial charge in [-0.25, -0.2) is 0 Å². The van der Waals surface area contributed by atoms with Crippen LogP contribution in [0.1, 0.15) is 33.6 Å². The quantitative estimate of drug-likeness (QED) is 0.849. The molecule has 0 spiro atoms. The molecule has 0 bridgehead atoms. The Morgan fingerprint density at radius 1 is 0.964 bits per heavy atom. The van der Waals surface area contributed by atoms with Crippen LogP contribution in [0.3, 0.4) is 0 Å². The number of pyridine rings is 1. The van der Waals surface area contributed by atoms with E-state index in [0.717, 1.165) is 12.8 Å². The highest BCUT2D eigenvalue weighted by Gasteiger charge is 2.21. The third-order valence-corrected chi connectivity index (χ3v) is 4.69. The zero-order valence-corrected chi connectivity index (χ0v) is 16.2. The Labute approximate surface area is 162 Å². The van der Waals surface area contributed by atoms with E-state index in [9.17, 15) is 14.4 Å². The van der Waals surface area contributed by atoms with Crippen LogP contribution in [-0.4, -0.2) is 48.6 Å². The van der Waals surface area contributed by atoms with Gasteiger partial charge in [0.05, 0.1) is 19.8 Å². The van der Waals surface area contributed by atoms with Gasteiger partial charge in [-0.15, -0.1) is 0 Å². The minimum atomic E-state index is -0.500. The van der Waals surface area contributed by atoms with E-state index in [1.807, 2.05) is 0 Å². The molecule has 1 N–H and O–H groups in total. The molecule has 8 heteroatoms. The van der Waals surface area contributed by atoms with Gasteiger partial charge in [0.25, 0.3) is 17.4 Å². The molecule has 1 fully saturated rings. The fourth-order valence-corrected chi connectivity index (χ4v) is 3.15. The van der Waals surface area contributed by atoms with Crippen molar-refractivity contribution in [2.24, 2.45) is 7.05 Å². The van der Waals surface area contributed by atoms with Gasteiger partial charge < -0.3 is 24.3 Å². The SMILES string of the molecule is COc1cc(OC)cc(C(=O)Nc2cc(C(=O)N3CCCC3)cn(C)c2=O)c1. The molecular weight excluding hydrogens is 362 g/mol. The summed E-state index contributed by atoms with van der Waals surface area (Å²) in [6.07, 6.45) is 3.44. The molecule has 0 saturated carbocycles. The number of aromatic nitrogens is 1. The molecule has 1 aromatic heterocycles. The number of nitrogens with zero attached hydrogens (tertiary/aromatic N) is 2. The summed E-state index contributed by atoms with van der Waals surface area (Å²) in [5.41, 5.74) is 0.276. The number of hydrogen-bond acceptors (Lipinski definition) is 5. The number of aryl methyl sites for hydroxylation is 1. The van der Waals surface area contributed by atoms with Crippen LogP contribution in [0, 0.1) is 0 Å². The van der Waals surface area contributed by atoms with Gasteiger partial charge in [-0.05, 0) is 31.0 Å². The lowest BCUT2D eigenvalue weighted by Crippen LogP contribution is -2.30. The highest BCUT2D eigenvalue weighted by molar-refractivity contribution is 6.05. The number of likely N-dealkylation sites (tertiary alicyclic amines) is 1. The van der Waals surface area contributed by atoms with Crippen molar-refractivity contribution in [3.05, 3.63) is 51.9 Å². The van der Waals surface area contributed by atoms with Crippen LogP contribution >= 0.6 is 0 Å². The van der Waals surface area contributed by atoms with Crippen molar-refractivity contribution in [3.63, 3.8) is 0 Å². The van der Waals surface area contributed by atoms with E-state index >= 15 is 0 Å². The summed E-state index contributed by atoms with van der Waals surface area (Å²) in [4.78, 5) is 39.5. The molecule has 1 aromatic carbocycles. The summed E-state index contributed by atoms with van der Waals surface area (Å²) in [5.74, 6) is 0.262. The van der Waals surface area contributed by atoms with Gasteiger partial charge in [-0.3, -0.25) is 14.4 Å². The lowest BCUT2D eigenvalue weighted by Gasteiger charge is -2.16. The second-order valence-corrected chi connectivity index (χ2v) is 6.61. The second kappa shape index (κ2) is 8.16. The van der Waals surface area contributed by atoms with Gasteiger partial charge in [0.2, 0.25) is 0 Å². The molecule has 2 aromatic rings. The molecule has 2 amide bonds. The maximum Gasteiger partial charge on any atom is 0.274 e. The van der Waals surface area contributed by atoms with E-state index in [0.29, 0.717) is 30.2 Å². The number of anilines is 1. The summed E-state index contributed by atoms with van der Waals surface area (Å²) in [6, 6.07) is 6.16. The highest BCUT2D eigenvalue weighted by Crippen LogP contribution is 2.23. The predicted molar refractivity (Wildman–Crippen MR) is 104 cm³/mol.